The van der Waals surface area contributed by atoms with Crippen molar-refractivity contribution >= 4 is 61.8 Å². The van der Waals surface area contributed by atoms with Crippen molar-refractivity contribution in [3.05, 3.63) is 279 Å². The van der Waals surface area contributed by atoms with Crippen LogP contribution in [0.2, 0.25) is 0 Å². The molecular formula is C72H55BBr3F18O10. The van der Waals surface area contributed by atoms with Gasteiger partial charge in [0, 0.05) is 50.7 Å². The lowest BCUT2D eigenvalue weighted by Crippen LogP contribution is -2.27. The van der Waals surface area contributed by atoms with Gasteiger partial charge in [0.15, 0.2) is 117 Å². The van der Waals surface area contributed by atoms with Gasteiger partial charge in [-0.3, -0.25) is 4.79 Å². The molecule has 11 rings (SSSR count). The summed E-state index contributed by atoms with van der Waals surface area (Å²) < 4.78 is 284. The molecule has 2 fully saturated rings. The Morgan fingerprint density at radius 3 is 1.09 bits per heavy atom. The maximum absolute atomic E-state index is 14.8. The summed E-state index contributed by atoms with van der Waals surface area (Å²) in [4.78, 5) is 10.1. The van der Waals surface area contributed by atoms with Gasteiger partial charge in [-0.1, -0.05) is 66.9 Å². The Bertz CT molecular complexity index is 4280. The second-order valence-electron chi connectivity index (χ2n) is 22.4. The summed E-state index contributed by atoms with van der Waals surface area (Å²) in [5.41, 5.74) is 0.979. The van der Waals surface area contributed by atoms with Crippen LogP contribution < -0.4 is 18.9 Å². The lowest BCUT2D eigenvalue weighted by molar-refractivity contribution is -0.206. The monoisotopic (exact) mass is 1670 g/mol. The van der Waals surface area contributed by atoms with Gasteiger partial charge in [-0.15, -0.1) is 0 Å². The fourth-order valence-electron chi connectivity index (χ4n) is 9.64. The number of aldehydes is 1. The van der Waals surface area contributed by atoms with E-state index in [4.69, 9.17) is 38.2 Å². The highest BCUT2D eigenvalue weighted by Gasteiger charge is 2.27. The Kier molecular flexibility index (Phi) is 31.9. The first-order valence-corrected chi connectivity index (χ1v) is 33.0. The fourth-order valence-corrected chi connectivity index (χ4v) is 10.5. The zero-order valence-electron chi connectivity index (χ0n) is 53.9. The number of benzene rings is 9. The molecule has 2 heterocycles. The fraction of sp³-hybridized carbons (Fsp3) is 0.236. The van der Waals surface area contributed by atoms with Crippen LogP contribution in [0.25, 0.3) is 11.1 Å². The molecule has 2 saturated heterocycles. The summed E-state index contributed by atoms with van der Waals surface area (Å²) in [7, 11) is 0.235. The first kappa shape index (κ1) is 83.2. The van der Waals surface area contributed by atoms with Gasteiger partial charge in [-0.05, 0) is 158 Å². The molecule has 0 atom stereocenters. The van der Waals surface area contributed by atoms with Gasteiger partial charge >= 0.3 is 7.69 Å². The summed E-state index contributed by atoms with van der Waals surface area (Å²) in [5, 5.41) is 8.37. The van der Waals surface area contributed by atoms with Crippen molar-refractivity contribution in [1.82, 2.24) is 0 Å². The molecule has 553 valence electrons. The van der Waals surface area contributed by atoms with E-state index in [1.165, 1.54) is 30.3 Å². The van der Waals surface area contributed by atoms with Crippen molar-refractivity contribution in [2.75, 3.05) is 26.4 Å². The lowest BCUT2D eigenvalue weighted by Gasteiger charge is -2.29. The van der Waals surface area contributed by atoms with E-state index in [2.05, 4.69) is 66.3 Å². The van der Waals surface area contributed by atoms with E-state index < -0.39 is 149 Å². The Morgan fingerprint density at radius 1 is 0.413 bits per heavy atom. The van der Waals surface area contributed by atoms with Crippen molar-refractivity contribution in [2.24, 2.45) is 11.8 Å². The first-order valence-electron chi connectivity index (χ1n) is 30.7. The first-order chi connectivity index (χ1) is 49.5. The summed E-state index contributed by atoms with van der Waals surface area (Å²) in [6.45, 7) is 4.87. The molecule has 10 nitrogen and oxygen atoms in total. The van der Waals surface area contributed by atoms with Crippen LogP contribution in [-0.2, 0) is 38.8 Å². The maximum atomic E-state index is 14.8. The molecule has 0 amide bonds. The van der Waals surface area contributed by atoms with Crippen LogP contribution in [0.15, 0.2) is 141 Å². The van der Waals surface area contributed by atoms with Gasteiger partial charge in [-0.2, -0.15) is 0 Å². The van der Waals surface area contributed by atoms with E-state index in [-0.39, 0.29) is 57.5 Å². The minimum absolute atomic E-state index is 0.0551. The topological polar surface area (TPSA) is 111 Å². The van der Waals surface area contributed by atoms with E-state index in [1.54, 1.807) is 18.2 Å². The molecule has 0 saturated carbocycles. The smallest absolute Gasteiger partial charge is 0.537 e. The van der Waals surface area contributed by atoms with Crippen LogP contribution in [0, 0.1) is 117 Å². The molecule has 0 aromatic heterocycles. The highest BCUT2D eigenvalue weighted by atomic mass is 79.9. The van der Waals surface area contributed by atoms with Crippen molar-refractivity contribution < 1.29 is 127 Å². The number of rotatable bonds is 19. The Balaban J connectivity index is 0.000000192. The average molecular weight is 1670 g/mol. The van der Waals surface area contributed by atoms with Gasteiger partial charge in [0.25, 0.3) is 0 Å². The van der Waals surface area contributed by atoms with E-state index in [1.807, 2.05) is 6.07 Å². The molecule has 2 aliphatic heterocycles. The van der Waals surface area contributed by atoms with Crippen LogP contribution in [-0.4, -0.2) is 45.4 Å². The molecule has 32 heteroatoms. The van der Waals surface area contributed by atoms with E-state index in [0.717, 1.165) is 67.6 Å². The predicted octanol–water partition coefficient (Wildman–Crippen LogP) is 21.3. The highest BCUT2D eigenvalue weighted by Crippen LogP contribution is 2.36. The normalized spacial score (nSPS) is 15.3. The molecule has 0 unspecified atom stereocenters. The third kappa shape index (κ3) is 23.7. The molecule has 9 aromatic rings. The SMILES string of the molecule is CCCC1COC(c2ccc(-c3cc(F)c(OCc4cc(F)c(F)c(F)c4)c(F)c3)c(F)c2)OC1.CCCC1COC(c2ccc(Br)c(F)c2)OC1.Fc1cc(COc2c(F)cc(Br)cc2F)cc(F)c1F.O=Cc1ccc(Br)c(F)c1.O[B]Oc1cc(F)c(OCc2cc(F)c(F)c(F)c2)c(F)c1. The van der Waals surface area contributed by atoms with Gasteiger partial charge in [-0.25, -0.2) is 79.0 Å². The van der Waals surface area contributed by atoms with Crippen LogP contribution in [0.3, 0.4) is 0 Å². The van der Waals surface area contributed by atoms with Crippen molar-refractivity contribution in [3.63, 3.8) is 0 Å². The molecule has 9 aromatic carbocycles. The zero-order chi connectivity index (χ0) is 76.1. The summed E-state index contributed by atoms with van der Waals surface area (Å²) >= 11 is 8.99. The zero-order valence-corrected chi connectivity index (χ0v) is 58.7. The predicted molar refractivity (Wildman–Crippen MR) is 352 cm³/mol. The van der Waals surface area contributed by atoms with E-state index in [9.17, 15) is 83.8 Å². The molecular weight excluding hydrogens is 1620 g/mol. The highest BCUT2D eigenvalue weighted by molar-refractivity contribution is 9.11. The Labute approximate surface area is 608 Å². The number of hydrogen-bond donors (Lipinski definition) is 1. The van der Waals surface area contributed by atoms with Crippen LogP contribution in [0.5, 0.6) is 23.0 Å². The van der Waals surface area contributed by atoms with E-state index >= 15 is 0 Å². The van der Waals surface area contributed by atoms with Crippen molar-refractivity contribution in [1.29, 1.82) is 0 Å². The van der Waals surface area contributed by atoms with Gasteiger partial charge < -0.3 is 42.8 Å². The standard InChI is InChI=1S/C26H22F6O3.C13H7BF5O3.C13H6BrF5O.C13H16BrFO2.C7H4BrFO/c1-2-3-14-11-34-26(35-12-14)16-4-5-18(19(27)8-16)17-9-22(30)25(23(31)10-17)33-13-15-6-20(28)24(32)21(29)7-15;15-8-1-6(2-9(16)12(8)19)5-21-13-10(17)3-7(22-14-20)4-11(13)18;14-7-3-10(17)13(11(18)4-7)20-5-6-1-8(15)12(19)9(16)2-6;1-2-3-9-7-16-13(17-8-9)10-4-5-11(14)12(15)6-10;8-6-2-1-5(4-10)3-7(6)9/h4-10,14,26H,2-3,11-13H2,1H3;1-4,20H,5H2;1-4H,5H2;4-6,9,13H,2-3,7-8H2,1H3;1-4H. The molecule has 0 aliphatic carbocycles. The summed E-state index contributed by atoms with van der Waals surface area (Å²) in [5.74, 6) is -23.4. The summed E-state index contributed by atoms with van der Waals surface area (Å²) in [6, 6.07) is 22.4. The second kappa shape index (κ2) is 39.8. The minimum atomic E-state index is -1.66. The van der Waals surface area contributed by atoms with Crippen molar-refractivity contribution in [3.8, 4) is 34.1 Å². The molecule has 2 aliphatic rings. The number of halogens is 21. The quantitative estimate of drug-likeness (QED) is 0.0364. The largest absolute Gasteiger partial charge is 0.569 e. The number of hydrogen-bond acceptors (Lipinski definition) is 10. The van der Waals surface area contributed by atoms with Crippen LogP contribution in [0.1, 0.15) is 90.3 Å². The number of ether oxygens (including phenoxy) is 7. The van der Waals surface area contributed by atoms with Crippen LogP contribution >= 0.6 is 47.8 Å². The Hall–Kier alpha value is -8.11. The molecule has 0 bridgehead atoms. The lowest BCUT2D eigenvalue weighted by atomic mass is 10.0. The molecule has 0 spiro atoms. The van der Waals surface area contributed by atoms with Crippen molar-refractivity contribution in [2.45, 2.75) is 71.9 Å². The third-order valence-electron chi connectivity index (χ3n) is 14.6. The molecule has 1 N–H and O–H groups in total. The van der Waals surface area contributed by atoms with Crippen LogP contribution in [0.4, 0.5) is 79.0 Å². The van der Waals surface area contributed by atoms with Gasteiger partial charge in [0.05, 0.1) is 35.4 Å². The third-order valence-corrected chi connectivity index (χ3v) is 16.3. The van der Waals surface area contributed by atoms with Gasteiger partial charge in [0.1, 0.15) is 49.3 Å². The minimum Gasteiger partial charge on any atom is -0.537 e. The van der Waals surface area contributed by atoms with Gasteiger partial charge in [0.2, 0.25) is 0 Å². The number of carbonyl (C=O) groups is 1. The molecule has 1 radical (unpaired) electrons. The maximum Gasteiger partial charge on any atom is 0.569 e. The number of carbonyl (C=O) groups excluding carboxylic acids is 1. The molecule has 104 heavy (non-hydrogen) atoms. The average Bonchev–Trinajstić information content (AvgIpc) is 0.799. The second-order valence-corrected chi connectivity index (χ2v) is 25.0. The van der Waals surface area contributed by atoms with E-state index in [0.29, 0.717) is 95.1 Å². The Morgan fingerprint density at radius 2 is 0.750 bits per heavy atom. The summed E-state index contributed by atoms with van der Waals surface area (Å²) in [6.07, 6.45) is 3.68.